The number of carbonyl (C=O) groups is 1. The number of alkyl carbamates (subject to hydrolysis) is 1. The van der Waals surface area contributed by atoms with Crippen molar-refractivity contribution in [1.82, 2.24) is 5.32 Å². The molecule has 24 heavy (non-hydrogen) atoms. The van der Waals surface area contributed by atoms with Gasteiger partial charge in [0.1, 0.15) is 5.60 Å². The zero-order valence-electron chi connectivity index (χ0n) is 13.9. The average Bonchev–Trinajstić information content (AvgIpc) is 2.33. The molecule has 0 fully saturated rings. The molecule has 1 amide bonds. The van der Waals surface area contributed by atoms with E-state index in [4.69, 9.17) is 4.74 Å². The van der Waals surface area contributed by atoms with Crippen LogP contribution in [0.4, 0.5) is 23.7 Å². The molecular weight excluding hydrogens is 329 g/mol. The number of hydrogen-bond donors (Lipinski definition) is 1. The van der Waals surface area contributed by atoms with Gasteiger partial charge < -0.3 is 10.1 Å². The van der Waals surface area contributed by atoms with Gasteiger partial charge in [-0.15, -0.1) is 0 Å². The summed E-state index contributed by atoms with van der Waals surface area (Å²) < 4.78 is 43.7. The molecule has 0 aliphatic heterocycles. The Morgan fingerprint density at radius 1 is 1.17 bits per heavy atom. The van der Waals surface area contributed by atoms with E-state index in [0.29, 0.717) is 12.1 Å². The number of alkyl halides is 3. The molecule has 134 valence electrons. The number of nitrogens with one attached hydrogen (secondary N) is 1. The van der Waals surface area contributed by atoms with Crippen LogP contribution in [0.5, 0.6) is 0 Å². The van der Waals surface area contributed by atoms with E-state index in [9.17, 15) is 28.1 Å². The number of nitro benzene ring substituents is 1. The summed E-state index contributed by atoms with van der Waals surface area (Å²) in [6.07, 6.45) is -5.55. The molecule has 0 atom stereocenters. The van der Waals surface area contributed by atoms with Crippen molar-refractivity contribution >= 4 is 11.8 Å². The smallest absolute Gasteiger partial charge is 0.416 e. The van der Waals surface area contributed by atoms with E-state index in [1.807, 2.05) is 0 Å². The second-order valence-corrected chi connectivity index (χ2v) is 6.74. The summed E-state index contributed by atoms with van der Waals surface area (Å²) in [5.74, 6) is 0. The van der Waals surface area contributed by atoms with Crippen LogP contribution in [-0.4, -0.2) is 16.6 Å². The molecule has 0 heterocycles. The summed E-state index contributed by atoms with van der Waals surface area (Å²) in [5.41, 5.74) is -4.11. The predicted octanol–water partition coefficient (Wildman–Crippen LogP) is 4.37. The molecule has 0 aromatic heterocycles. The number of benzene rings is 1. The molecule has 9 heteroatoms. The fourth-order valence-corrected chi connectivity index (χ4v) is 2.00. The van der Waals surface area contributed by atoms with Crippen molar-refractivity contribution in [3.8, 4) is 0 Å². The van der Waals surface area contributed by atoms with Crippen molar-refractivity contribution in [2.75, 3.05) is 0 Å². The highest BCUT2D eigenvalue weighted by Gasteiger charge is 2.37. The Morgan fingerprint density at radius 2 is 1.71 bits per heavy atom. The third-order valence-corrected chi connectivity index (χ3v) is 3.01. The number of amides is 1. The Hall–Kier alpha value is -2.32. The average molecular weight is 348 g/mol. The Labute approximate surface area is 137 Å². The summed E-state index contributed by atoms with van der Waals surface area (Å²) in [6.45, 7) is 7.57. The molecule has 0 aliphatic carbocycles. The number of nitro groups is 1. The van der Waals surface area contributed by atoms with Gasteiger partial charge in [0.15, 0.2) is 0 Å². The predicted molar refractivity (Wildman–Crippen MR) is 80.5 cm³/mol. The molecule has 0 spiro atoms. The topological polar surface area (TPSA) is 81.5 Å². The first kappa shape index (κ1) is 19.7. The summed E-state index contributed by atoms with van der Waals surface area (Å²) in [4.78, 5) is 22.2. The van der Waals surface area contributed by atoms with Gasteiger partial charge in [0.2, 0.25) is 0 Å². The molecule has 0 bridgehead atoms. The summed E-state index contributed by atoms with van der Waals surface area (Å²) in [6, 6.07) is 2.07. The van der Waals surface area contributed by atoms with Crippen LogP contribution in [0.2, 0.25) is 0 Å². The molecule has 0 unspecified atom stereocenters. The van der Waals surface area contributed by atoms with Gasteiger partial charge in [-0.3, -0.25) is 10.1 Å². The number of hydrogen-bond acceptors (Lipinski definition) is 4. The third-order valence-electron chi connectivity index (χ3n) is 3.01. The van der Waals surface area contributed by atoms with Crippen LogP contribution in [-0.2, 0) is 16.5 Å². The van der Waals surface area contributed by atoms with Crippen molar-refractivity contribution in [3.63, 3.8) is 0 Å². The van der Waals surface area contributed by atoms with Crippen LogP contribution in [0.15, 0.2) is 18.2 Å². The molecule has 1 aromatic carbocycles. The standard InChI is InChI=1S/C15H19F3N2O4/c1-13(2,3)24-12(21)19-14(4,5)10-8-9(15(16,17)18)6-7-11(10)20(22)23/h6-8H,1-5H3,(H,19,21). The van der Waals surface area contributed by atoms with Crippen LogP contribution in [0, 0.1) is 10.1 Å². The molecule has 1 rings (SSSR count). The van der Waals surface area contributed by atoms with E-state index in [1.54, 1.807) is 20.8 Å². The SMILES string of the molecule is CC(C)(C)OC(=O)NC(C)(C)c1cc(C(F)(F)F)ccc1[N+](=O)[O-]. The van der Waals surface area contributed by atoms with Gasteiger partial charge in [-0.05, 0) is 46.8 Å². The Bertz CT molecular complexity index is 649. The van der Waals surface area contributed by atoms with E-state index >= 15 is 0 Å². The van der Waals surface area contributed by atoms with E-state index in [0.717, 1.165) is 6.07 Å². The van der Waals surface area contributed by atoms with Crippen molar-refractivity contribution in [1.29, 1.82) is 0 Å². The van der Waals surface area contributed by atoms with Gasteiger partial charge in [0, 0.05) is 6.07 Å². The molecule has 1 N–H and O–H groups in total. The van der Waals surface area contributed by atoms with Crippen molar-refractivity contribution in [3.05, 3.63) is 39.4 Å². The highest BCUT2D eigenvalue weighted by Crippen LogP contribution is 2.36. The maximum Gasteiger partial charge on any atom is 0.416 e. The quantitative estimate of drug-likeness (QED) is 0.649. The van der Waals surface area contributed by atoms with Gasteiger partial charge in [0.25, 0.3) is 5.69 Å². The van der Waals surface area contributed by atoms with Crippen molar-refractivity contribution < 1.29 is 27.6 Å². The number of carbonyl (C=O) groups excluding carboxylic acids is 1. The normalized spacial score (nSPS) is 12.7. The van der Waals surface area contributed by atoms with E-state index in [-0.39, 0.29) is 5.56 Å². The highest BCUT2D eigenvalue weighted by molar-refractivity contribution is 5.69. The molecule has 0 saturated heterocycles. The fraction of sp³-hybridized carbons (Fsp3) is 0.533. The minimum absolute atomic E-state index is 0.270. The highest BCUT2D eigenvalue weighted by atomic mass is 19.4. The minimum Gasteiger partial charge on any atom is -0.444 e. The first-order valence-corrected chi connectivity index (χ1v) is 7.01. The largest absolute Gasteiger partial charge is 0.444 e. The van der Waals surface area contributed by atoms with Gasteiger partial charge in [-0.1, -0.05) is 0 Å². The fourth-order valence-electron chi connectivity index (χ4n) is 2.00. The summed E-state index contributed by atoms with van der Waals surface area (Å²) in [5, 5.41) is 13.5. The maximum absolute atomic E-state index is 12.9. The molecule has 0 radical (unpaired) electrons. The van der Waals surface area contributed by atoms with E-state index < -0.39 is 39.6 Å². The molecule has 0 aliphatic rings. The zero-order valence-corrected chi connectivity index (χ0v) is 13.9. The first-order chi connectivity index (χ1) is 10.6. The van der Waals surface area contributed by atoms with Gasteiger partial charge in [-0.2, -0.15) is 13.2 Å². The monoisotopic (exact) mass is 348 g/mol. The van der Waals surface area contributed by atoms with Crippen molar-refractivity contribution in [2.24, 2.45) is 0 Å². The minimum atomic E-state index is -4.66. The lowest BCUT2D eigenvalue weighted by Crippen LogP contribution is -2.44. The Balaban J connectivity index is 3.29. The lowest BCUT2D eigenvalue weighted by molar-refractivity contribution is -0.386. The first-order valence-electron chi connectivity index (χ1n) is 7.01. The number of ether oxygens (including phenoxy) is 1. The summed E-state index contributed by atoms with van der Waals surface area (Å²) in [7, 11) is 0. The van der Waals surface area contributed by atoms with Crippen LogP contribution >= 0.6 is 0 Å². The number of rotatable bonds is 3. The maximum atomic E-state index is 12.9. The van der Waals surface area contributed by atoms with Crippen LogP contribution in [0.1, 0.15) is 45.7 Å². The third kappa shape index (κ3) is 5.10. The Kier molecular flexibility index (Phi) is 5.17. The second kappa shape index (κ2) is 6.29. The van der Waals surface area contributed by atoms with E-state index in [1.165, 1.54) is 13.8 Å². The number of halogens is 3. The van der Waals surface area contributed by atoms with Gasteiger partial charge in [0.05, 0.1) is 21.6 Å². The molecule has 0 saturated carbocycles. The van der Waals surface area contributed by atoms with Gasteiger partial charge in [-0.25, -0.2) is 4.79 Å². The molecular formula is C15H19F3N2O4. The van der Waals surface area contributed by atoms with Crippen LogP contribution < -0.4 is 5.32 Å². The van der Waals surface area contributed by atoms with E-state index in [2.05, 4.69) is 5.32 Å². The lowest BCUT2D eigenvalue weighted by Gasteiger charge is -2.29. The van der Waals surface area contributed by atoms with Crippen LogP contribution in [0.3, 0.4) is 0 Å². The second-order valence-electron chi connectivity index (χ2n) is 6.74. The molecule has 1 aromatic rings. The van der Waals surface area contributed by atoms with Gasteiger partial charge >= 0.3 is 12.3 Å². The number of nitrogens with zero attached hydrogens (tertiary/aromatic N) is 1. The Morgan fingerprint density at radius 3 is 2.12 bits per heavy atom. The van der Waals surface area contributed by atoms with Crippen LogP contribution in [0.25, 0.3) is 0 Å². The van der Waals surface area contributed by atoms with Crippen molar-refractivity contribution in [2.45, 2.75) is 51.9 Å². The molecule has 6 nitrogen and oxygen atoms in total. The zero-order chi connectivity index (χ0) is 18.9. The lowest BCUT2D eigenvalue weighted by atomic mass is 9.91. The summed E-state index contributed by atoms with van der Waals surface area (Å²) >= 11 is 0.